The Bertz CT molecular complexity index is 1060. The molecule has 9 nitrogen and oxygen atoms in total. The van der Waals surface area contributed by atoms with Crippen LogP contribution in [0.3, 0.4) is 0 Å². The number of ether oxygens (including phenoxy) is 2. The molecular weight excluding hydrogens is 444 g/mol. The van der Waals surface area contributed by atoms with Crippen LogP contribution in [0.25, 0.3) is 0 Å². The van der Waals surface area contributed by atoms with Gasteiger partial charge in [-0.1, -0.05) is 11.6 Å². The first-order valence-electron chi connectivity index (χ1n) is 10.3. The summed E-state index contributed by atoms with van der Waals surface area (Å²) in [6.45, 7) is 3.06. The van der Waals surface area contributed by atoms with Gasteiger partial charge in [0.15, 0.2) is 5.84 Å². The lowest BCUT2D eigenvalue weighted by atomic mass is 10.2. The van der Waals surface area contributed by atoms with E-state index < -0.39 is 0 Å². The summed E-state index contributed by atoms with van der Waals surface area (Å²) in [5.74, 6) is 0.430. The van der Waals surface area contributed by atoms with Gasteiger partial charge in [-0.15, -0.1) is 0 Å². The highest BCUT2D eigenvalue weighted by molar-refractivity contribution is 6.32. The number of hydrogen-bond acceptors (Lipinski definition) is 8. The number of allylic oxidation sites excluding steroid dienone is 1. The van der Waals surface area contributed by atoms with Crippen LogP contribution in [-0.2, 0) is 4.74 Å². The molecule has 174 valence electrons. The number of carbonyl (C=O) groups is 1. The fourth-order valence-electron chi connectivity index (χ4n) is 3.14. The molecule has 0 bridgehead atoms. The van der Waals surface area contributed by atoms with Crippen LogP contribution in [0.1, 0.15) is 10.4 Å². The normalized spacial score (nSPS) is 14.6. The summed E-state index contributed by atoms with van der Waals surface area (Å²) < 4.78 is 10.5. The maximum absolute atomic E-state index is 12.6. The minimum Gasteiger partial charge on any atom is -0.495 e. The molecule has 2 aromatic rings. The quantitative estimate of drug-likeness (QED) is 0.248. The van der Waals surface area contributed by atoms with Gasteiger partial charge in [-0.3, -0.25) is 9.79 Å². The number of morpholine rings is 1. The smallest absolute Gasteiger partial charge is 0.256 e. The summed E-state index contributed by atoms with van der Waals surface area (Å²) in [4.78, 5) is 19.2. The lowest BCUT2D eigenvalue weighted by Gasteiger charge is -2.29. The number of hydrazone groups is 1. The van der Waals surface area contributed by atoms with E-state index in [2.05, 4.69) is 25.7 Å². The average Bonchev–Trinajstić information content (AvgIpc) is 2.83. The number of methoxy groups -OCH3 is 1. The van der Waals surface area contributed by atoms with Crippen LogP contribution < -0.4 is 26.1 Å². The predicted molar refractivity (Wildman–Crippen MR) is 133 cm³/mol. The second kappa shape index (κ2) is 11.9. The van der Waals surface area contributed by atoms with E-state index in [1.54, 1.807) is 37.5 Å². The number of amidine groups is 1. The number of nitrogen functional groups attached to an aromatic ring is 1. The van der Waals surface area contributed by atoms with Crippen molar-refractivity contribution in [3.05, 3.63) is 59.1 Å². The highest BCUT2D eigenvalue weighted by atomic mass is 35.5. The predicted octanol–water partition coefficient (Wildman–Crippen LogP) is 2.99. The maximum atomic E-state index is 12.6. The van der Waals surface area contributed by atoms with Gasteiger partial charge in [0.25, 0.3) is 5.91 Å². The van der Waals surface area contributed by atoms with Gasteiger partial charge in [0.2, 0.25) is 0 Å². The maximum Gasteiger partial charge on any atom is 0.256 e. The van der Waals surface area contributed by atoms with Crippen molar-refractivity contribution in [1.82, 2.24) is 10.7 Å². The largest absolute Gasteiger partial charge is 0.495 e. The Morgan fingerprint density at radius 3 is 2.73 bits per heavy atom. The van der Waals surface area contributed by atoms with Gasteiger partial charge in [-0.2, -0.15) is 5.10 Å². The third-order valence-electron chi connectivity index (χ3n) is 4.83. The molecule has 0 saturated carbocycles. The van der Waals surface area contributed by atoms with Crippen LogP contribution in [0.5, 0.6) is 5.75 Å². The monoisotopic (exact) mass is 470 g/mol. The lowest BCUT2D eigenvalue weighted by molar-refractivity contribution is 0.0977. The molecule has 1 aliphatic heterocycles. The number of nitrogens with one attached hydrogen (secondary N) is 2. The van der Waals surface area contributed by atoms with E-state index in [-0.39, 0.29) is 5.91 Å². The van der Waals surface area contributed by atoms with Crippen LogP contribution in [0, 0.1) is 0 Å². The van der Waals surface area contributed by atoms with Gasteiger partial charge in [0, 0.05) is 37.6 Å². The van der Waals surface area contributed by atoms with Crippen LogP contribution in [-0.4, -0.2) is 58.4 Å². The van der Waals surface area contributed by atoms with Crippen molar-refractivity contribution in [3.63, 3.8) is 0 Å². The Labute approximate surface area is 197 Å². The fourth-order valence-corrected chi connectivity index (χ4v) is 3.40. The number of anilines is 2. The van der Waals surface area contributed by atoms with Crippen molar-refractivity contribution >= 4 is 46.6 Å². The van der Waals surface area contributed by atoms with Gasteiger partial charge >= 0.3 is 0 Å². The molecule has 0 unspecified atom stereocenters. The number of carbonyl (C=O) groups excluding carboxylic acids is 1. The molecule has 33 heavy (non-hydrogen) atoms. The minimum atomic E-state index is -0.363. The summed E-state index contributed by atoms with van der Waals surface area (Å²) in [5.41, 5.74) is 11.4. The molecular formula is C23H27ClN6O3. The van der Waals surface area contributed by atoms with Crippen molar-refractivity contribution in [3.8, 4) is 5.75 Å². The molecule has 10 heteroatoms. The van der Waals surface area contributed by atoms with Gasteiger partial charge < -0.3 is 30.8 Å². The Kier molecular flexibility index (Phi) is 8.68. The molecule has 1 saturated heterocycles. The minimum absolute atomic E-state index is 0.302. The van der Waals surface area contributed by atoms with Crippen LogP contribution in [0.4, 0.5) is 17.1 Å². The number of rotatable bonds is 7. The first-order chi connectivity index (χ1) is 16.0. The average molecular weight is 471 g/mol. The summed E-state index contributed by atoms with van der Waals surface area (Å²) in [6, 6.07) is 10.5. The molecule has 4 N–H and O–H groups in total. The molecule has 2 aromatic carbocycles. The third-order valence-corrected chi connectivity index (χ3v) is 5.13. The van der Waals surface area contributed by atoms with Crippen LogP contribution in [0.2, 0.25) is 5.02 Å². The number of amides is 1. The molecule has 0 aromatic heterocycles. The molecule has 0 atom stereocenters. The third kappa shape index (κ3) is 6.71. The van der Waals surface area contributed by atoms with E-state index in [4.69, 9.17) is 26.8 Å². The van der Waals surface area contributed by atoms with Gasteiger partial charge in [-0.05, 0) is 48.6 Å². The van der Waals surface area contributed by atoms with Crippen LogP contribution in [0.15, 0.2) is 58.6 Å². The highest BCUT2D eigenvalue weighted by Gasteiger charge is 2.12. The Hall–Kier alpha value is -3.56. The number of hydrogen-bond donors (Lipinski definition) is 3. The van der Waals surface area contributed by atoms with E-state index in [0.717, 1.165) is 18.8 Å². The van der Waals surface area contributed by atoms with Gasteiger partial charge in [-0.25, -0.2) is 0 Å². The van der Waals surface area contributed by atoms with Crippen molar-refractivity contribution in [2.75, 3.05) is 51.1 Å². The Morgan fingerprint density at radius 2 is 2.03 bits per heavy atom. The van der Waals surface area contributed by atoms with E-state index in [9.17, 15) is 4.79 Å². The zero-order valence-corrected chi connectivity index (χ0v) is 19.3. The number of halogens is 1. The second-order valence-electron chi connectivity index (χ2n) is 7.00. The first kappa shape index (κ1) is 24.1. The van der Waals surface area contributed by atoms with E-state index >= 15 is 0 Å². The lowest BCUT2D eigenvalue weighted by Crippen LogP contribution is -2.36. The summed E-state index contributed by atoms with van der Waals surface area (Å²) in [5, 5.41) is 7.13. The molecule has 1 heterocycles. The molecule has 1 aliphatic rings. The topological polar surface area (TPSA) is 114 Å². The second-order valence-corrected chi connectivity index (χ2v) is 7.41. The number of nitrogens with two attached hydrogens (primary N) is 1. The van der Waals surface area contributed by atoms with Crippen molar-refractivity contribution in [2.24, 2.45) is 10.1 Å². The summed E-state index contributed by atoms with van der Waals surface area (Å²) in [6.07, 6.45) is 4.87. The summed E-state index contributed by atoms with van der Waals surface area (Å²) in [7, 11) is 3.15. The molecule has 0 aliphatic carbocycles. The molecule has 1 fully saturated rings. The Morgan fingerprint density at radius 1 is 1.24 bits per heavy atom. The first-order valence-corrected chi connectivity index (χ1v) is 10.7. The van der Waals surface area contributed by atoms with Gasteiger partial charge in [0.1, 0.15) is 5.75 Å². The van der Waals surface area contributed by atoms with E-state index in [1.807, 2.05) is 18.2 Å². The van der Waals surface area contributed by atoms with Crippen LogP contribution >= 0.6 is 11.6 Å². The van der Waals surface area contributed by atoms with E-state index in [0.29, 0.717) is 46.8 Å². The van der Waals surface area contributed by atoms with Crippen molar-refractivity contribution in [1.29, 1.82) is 0 Å². The fraction of sp³-hybridized carbons (Fsp3) is 0.261. The Balaban J connectivity index is 1.67. The SMILES string of the molecule is CN/N=C(\C=C\C=Nc1cc(N2CCOCC2)ccc1N)NC(=O)c1ccc(OC)c(Cl)c1. The molecule has 0 radical (unpaired) electrons. The van der Waals surface area contributed by atoms with Crippen molar-refractivity contribution in [2.45, 2.75) is 0 Å². The standard InChI is InChI=1S/C23H27ClN6O3/c1-26-29-22(28-23(31)16-5-8-21(32-2)18(24)14-16)4-3-9-27-20-15-17(6-7-19(20)25)30-10-12-33-13-11-30/h3-9,14-15,26H,10-13,25H2,1-2H3,(H,28,29,31)/b4-3+,27-9?. The number of aliphatic imine (C=N–C) groups is 1. The van der Waals surface area contributed by atoms with E-state index in [1.165, 1.54) is 13.2 Å². The highest BCUT2D eigenvalue weighted by Crippen LogP contribution is 2.28. The number of benzene rings is 2. The molecule has 1 amide bonds. The zero-order valence-electron chi connectivity index (χ0n) is 18.5. The molecule has 3 rings (SSSR count). The van der Waals surface area contributed by atoms with Gasteiger partial charge in [0.05, 0.1) is 36.7 Å². The number of nitrogens with zero attached hydrogens (tertiary/aromatic N) is 3. The molecule has 0 spiro atoms. The zero-order chi connectivity index (χ0) is 23.6. The summed E-state index contributed by atoms with van der Waals surface area (Å²) >= 11 is 6.11. The van der Waals surface area contributed by atoms with Crippen molar-refractivity contribution < 1.29 is 14.3 Å².